The van der Waals surface area contributed by atoms with Crippen LogP contribution in [0.2, 0.25) is 0 Å². The number of rotatable bonds is 6. The second kappa shape index (κ2) is 9.09. The van der Waals surface area contributed by atoms with E-state index in [0.29, 0.717) is 18.7 Å². The van der Waals surface area contributed by atoms with E-state index in [9.17, 15) is 9.50 Å². The number of nitrogens with zero attached hydrogens (tertiary/aromatic N) is 1. The topological polar surface area (TPSA) is 79.9 Å². The van der Waals surface area contributed by atoms with Crippen LogP contribution in [0.5, 0.6) is 0 Å². The second-order valence-electron chi connectivity index (χ2n) is 4.40. The minimum Gasteiger partial charge on any atom is -0.384 e. The summed E-state index contributed by atoms with van der Waals surface area (Å²) < 4.78 is 17.7. The molecule has 0 aromatic heterocycles. The summed E-state index contributed by atoms with van der Waals surface area (Å²) in [6.45, 7) is 2.76. The quantitative estimate of drug-likeness (QED) is 0.292. The Hall–Kier alpha value is -0.930. The zero-order chi connectivity index (χ0) is 14.3. The van der Waals surface area contributed by atoms with Gasteiger partial charge in [-0.15, -0.1) is 24.0 Å². The van der Waals surface area contributed by atoms with Crippen molar-refractivity contribution in [3.63, 3.8) is 0 Å². The summed E-state index contributed by atoms with van der Waals surface area (Å²) in [6.07, 6.45) is 0. The Morgan fingerprint density at radius 1 is 1.45 bits per heavy atom. The summed E-state index contributed by atoms with van der Waals surface area (Å²) in [6, 6.07) is 5.65. The number of hydrogen-bond donors (Lipinski definition) is 3. The van der Waals surface area contributed by atoms with Crippen molar-refractivity contribution in [2.45, 2.75) is 12.5 Å². The monoisotopic (exact) mass is 397 g/mol. The minimum atomic E-state index is -1.19. The Morgan fingerprint density at radius 2 is 2.05 bits per heavy atom. The standard InChI is InChI=1S/C13H20FN3O2.HI/c1-13(18,10-3-5-11(14)6-4-10)9-17-12(15)16-7-8-19-2;/h3-6,18H,7-9H2,1-2H3,(H3,15,16,17);1H. The van der Waals surface area contributed by atoms with E-state index < -0.39 is 5.60 Å². The Labute approximate surface area is 135 Å². The molecule has 0 amide bonds. The molecule has 0 saturated heterocycles. The summed E-state index contributed by atoms with van der Waals surface area (Å²) >= 11 is 0. The van der Waals surface area contributed by atoms with Crippen molar-refractivity contribution < 1.29 is 14.2 Å². The zero-order valence-electron chi connectivity index (χ0n) is 11.6. The molecule has 20 heavy (non-hydrogen) atoms. The Balaban J connectivity index is 0.00000361. The van der Waals surface area contributed by atoms with E-state index in [1.807, 2.05) is 0 Å². The first kappa shape index (κ1) is 19.1. The number of methoxy groups -OCH3 is 1. The van der Waals surface area contributed by atoms with Crippen molar-refractivity contribution in [1.82, 2.24) is 5.32 Å². The molecular formula is C13H21FIN3O2. The minimum absolute atomic E-state index is 0. The van der Waals surface area contributed by atoms with Crippen LogP contribution in [-0.2, 0) is 10.3 Å². The van der Waals surface area contributed by atoms with Crippen molar-refractivity contribution in [2.75, 3.05) is 26.8 Å². The third kappa shape index (κ3) is 6.49. The van der Waals surface area contributed by atoms with Crippen LogP contribution in [-0.4, -0.2) is 37.9 Å². The molecule has 1 unspecified atom stereocenters. The molecule has 7 heteroatoms. The molecule has 0 aliphatic heterocycles. The van der Waals surface area contributed by atoms with Crippen LogP contribution in [0.25, 0.3) is 0 Å². The summed E-state index contributed by atoms with van der Waals surface area (Å²) in [7, 11) is 1.59. The van der Waals surface area contributed by atoms with Crippen LogP contribution in [0, 0.1) is 5.82 Å². The molecule has 0 heterocycles. The second-order valence-corrected chi connectivity index (χ2v) is 4.40. The van der Waals surface area contributed by atoms with Gasteiger partial charge in [-0.05, 0) is 24.6 Å². The fourth-order valence-corrected chi connectivity index (χ4v) is 1.48. The predicted octanol–water partition coefficient (Wildman–Crippen LogP) is 1.20. The molecular weight excluding hydrogens is 376 g/mol. The lowest BCUT2D eigenvalue weighted by Crippen LogP contribution is -2.36. The highest BCUT2D eigenvalue weighted by Crippen LogP contribution is 2.20. The van der Waals surface area contributed by atoms with Crippen molar-refractivity contribution in [3.05, 3.63) is 35.6 Å². The molecule has 114 valence electrons. The maximum atomic E-state index is 12.8. The number of hydrogen-bond acceptors (Lipinski definition) is 3. The highest BCUT2D eigenvalue weighted by molar-refractivity contribution is 14.0. The fourth-order valence-electron chi connectivity index (χ4n) is 1.48. The van der Waals surface area contributed by atoms with Crippen molar-refractivity contribution in [1.29, 1.82) is 0 Å². The summed E-state index contributed by atoms with van der Waals surface area (Å²) in [4.78, 5) is 4.05. The summed E-state index contributed by atoms with van der Waals surface area (Å²) in [5, 5.41) is 13.1. The predicted molar refractivity (Wildman–Crippen MR) is 87.8 cm³/mol. The van der Waals surface area contributed by atoms with Gasteiger partial charge in [0.05, 0.1) is 13.2 Å². The van der Waals surface area contributed by atoms with Crippen molar-refractivity contribution >= 4 is 29.9 Å². The van der Waals surface area contributed by atoms with Gasteiger partial charge in [0, 0.05) is 13.7 Å². The smallest absolute Gasteiger partial charge is 0.188 e. The van der Waals surface area contributed by atoms with Crippen LogP contribution in [0.3, 0.4) is 0 Å². The first-order valence-corrected chi connectivity index (χ1v) is 5.97. The number of aliphatic hydroxyl groups is 1. The summed E-state index contributed by atoms with van der Waals surface area (Å²) in [5.41, 5.74) is 5.03. The number of nitrogens with two attached hydrogens (primary N) is 1. The fraction of sp³-hybridized carbons (Fsp3) is 0.462. The molecule has 0 bridgehead atoms. The van der Waals surface area contributed by atoms with Crippen LogP contribution in [0.1, 0.15) is 12.5 Å². The SMILES string of the molecule is COCCNC(N)=NCC(C)(O)c1ccc(F)cc1.I. The molecule has 0 aliphatic rings. The van der Waals surface area contributed by atoms with Gasteiger partial charge in [0.1, 0.15) is 11.4 Å². The van der Waals surface area contributed by atoms with Crippen LogP contribution in [0.15, 0.2) is 29.3 Å². The van der Waals surface area contributed by atoms with Gasteiger partial charge < -0.3 is 20.9 Å². The lowest BCUT2D eigenvalue weighted by Gasteiger charge is -2.22. The van der Waals surface area contributed by atoms with Gasteiger partial charge in [0.25, 0.3) is 0 Å². The Kier molecular flexibility index (Phi) is 8.67. The van der Waals surface area contributed by atoms with Crippen LogP contribution >= 0.6 is 24.0 Å². The first-order chi connectivity index (χ1) is 8.95. The van der Waals surface area contributed by atoms with Crippen molar-refractivity contribution in [2.24, 2.45) is 10.7 Å². The number of halogens is 2. The van der Waals surface area contributed by atoms with Gasteiger partial charge >= 0.3 is 0 Å². The molecule has 5 nitrogen and oxygen atoms in total. The average molecular weight is 397 g/mol. The lowest BCUT2D eigenvalue weighted by atomic mass is 9.96. The highest BCUT2D eigenvalue weighted by atomic mass is 127. The van der Waals surface area contributed by atoms with Gasteiger partial charge in [0.15, 0.2) is 5.96 Å². The number of nitrogens with one attached hydrogen (secondary N) is 1. The van der Waals surface area contributed by atoms with Gasteiger partial charge in [-0.25, -0.2) is 4.39 Å². The molecule has 1 aromatic carbocycles. The number of aliphatic imine (C=N–C) groups is 1. The molecule has 0 aliphatic carbocycles. The maximum Gasteiger partial charge on any atom is 0.188 e. The van der Waals surface area contributed by atoms with Crippen molar-refractivity contribution in [3.8, 4) is 0 Å². The van der Waals surface area contributed by atoms with Gasteiger partial charge in [-0.2, -0.15) is 0 Å². The normalized spacial score (nSPS) is 14.3. The number of guanidine groups is 1. The van der Waals surface area contributed by atoms with E-state index in [4.69, 9.17) is 10.5 Å². The van der Waals surface area contributed by atoms with E-state index >= 15 is 0 Å². The molecule has 1 rings (SSSR count). The molecule has 0 fully saturated rings. The van der Waals surface area contributed by atoms with Crippen LogP contribution < -0.4 is 11.1 Å². The molecule has 0 radical (unpaired) electrons. The zero-order valence-corrected chi connectivity index (χ0v) is 13.9. The Bertz CT molecular complexity index is 424. The Morgan fingerprint density at radius 3 is 2.60 bits per heavy atom. The van der Waals surface area contributed by atoms with Crippen LogP contribution in [0.4, 0.5) is 4.39 Å². The largest absolute Gasteiger partial charge is 0.384 e. The first-order valence-electron chi connectivity index (χ1n) is 5.97. The third-order valence-corrected chi connectivity index (χ3v) is 2.64. The van der Waals surface area contributed by atoms with Gasteiger partial charge in [0.2, 0.25) is 0 Å². The molecule has 0 saturated carbocycles. The van der Waals surface area contributed by atoms with E-state index in [1.54, 1.807) is 14.0 Å². The van der Waals surface area contributed by atoms with E-state index in [-0.39, 0.29) is 42.3 Å². The molecule has 1 aromatic rings. The molecule has 0 spiro atoms. The van der Waals surface area contributed by atoms with Gasteiger partial charge in [-0.1, -0.05) is 12.1 Å². The number of ether oxygens (including phenoxy) is 1. The molecule has 1 atom stereocenters. The van der Waals surface area contributed by atoms with E-state index in [0.717, 1.165) is 0 Å². The highest BCUT2D eigenvalue weighted by Gasteiger charge is 2.22. The molecule has 4 N–H and O–H groups in total. The van der Waals surface area contributed by atoms with E-state index in [2.05, 4.69) is 10.3 Å². The average Bonchev–Trinajstić information content (AvgIpc) is 2.37. The summed E-state index contributed by atoms with van der Waals surface area (Å²) in [5.74, 6) is -0.108. The maximum absolute atomic E-state index is 12.8. The number of benzene rings is 1. The van der Waals surface area contributed by atoms with Gasteiger partial charge in [-0.3, -0.25) is 4.99 Å². The third-order valence-electron chi connectivity index (χ3n) is 2.64. The lowest BCUT2D eigenvalue weighted by molar-refractivity contribution is 0.0672. The van der Waals surface area contributed by atoms with E-state index in [1.165, 1.54) is 24.3 Å².